The molecular weight excluding hydrogens is 242 g/mol. The molecule has 0 aromatic carbocycles. The molecule has 1 aliphatic heterocycles. The maximum atomic E-state index is 12.0. The molecule has 0 unspecified atom stereocenters. The SMILES string of the molecule is C#Cc1cc(C(=O)N[C@H]2CN(C(C)C)C[C@H]2C)no1. The monoisotopic (exact) mass is 261 g/mol. The Morgan fingerprint density at radius 3 is 2.89 bits per heavy atom. The molecule has 2 rings (SSSR count). The average molecular weight is 261 g/mol. The molecule has 2 heterocycles. The van der Waals surface area contributed by atoms with E-state index < -0.39 is 0 Å². The van der Waals surface area contributed by atoms with E-state index in [1.165, 1.54) is 6.07 Å². The lowest BCUT2D eigenvalue weighted by molar-refractivity contribution is 0.0921. The number of rotatable bonds is 3. The number of aromatic nitrogens is 1. The molecule has 0 radical (unpaired) electrons. The predicted molar refractivity (Wildman–Crippen MR) is 71.6 cm³/mol. The van der Waals surface area contributed by atoms with Gasteiger partial charge in [-0.3, -0.25) is 9.69 Å². The van der Waals surface area contributed by atoms with E-state index in [-0.39, 0.29) is 23.4 Å². The van der Waals surface area contributed by atoms with Crippen LogP contribution >= 0.6 is 0 Å². The van der Waals surface area contributed by atoms with Gasteiger partial charge in [-0.1, -0.05) is 12.1 Å². The first-order valence-corrected chi connectivity index (χ1v) is 6.49. The molecule has 1 aromatic rings. The molecule has 1 N–H and O–H groups in total. The van der Waals surface area contributed by atoms with Crippen LogP contribution in [0.25, 0.3) is 0 Å². The van der Waals surface area contributed by atoms with Crippen molar-refractivity contribution in [3.63, 3.8) is 0 Å². The van der Waals surface area contributed by atoms with E-state index in [1.807, 2.05) is 0 Å². The summed E-state index contributed by atoms with van der Waals surface area (Å²) in [6, 6.07) is 2.11. The number of nitrogens with one attached hydrogen (secondary N) is 1. The van der Waals surface area contributed by atoms with Gasteiger partial charge in [-0.15, -0.1) is 6.42 Å². The van der Waals surface area contributed by atoms with Crippen LogP contribution in [0.2, 0.25) is 0 Å². The molecule has 1 aromatic heterocycles. The quantitative estimate of drug-likeness (QED) is 0.828. The molecule has 1 fully saturated rings. The maximum absolute atomic E-state index is 12.0. The van der Waals surface area contributed by atoms with E-state index in [1.54, 1.807) is 0 Å². The smallest absolute Gasteiger partial charge is 0.273 e. The number of carbonyl (C=O) groups is 1. The van der Waals surface area contributed by atoms with Gasteiger partial charge in [0, 0.05) is 31.2 Å². The van der Waals surface area contributed by atoms with Crippen molar-refractivity contribution < 1.29 is 9.32 Å². The number of hydrogen-bond donors (Lipinski definition) is 1. The summed E-state index contributed by atoms with van der Waals surface area (Å²) >= 11 is 0. The summed E-state index contributed by atoms with van der Waals surface area (Å²) in [6.07, 6.45) is 5.18. The number of hydrogen-bond acceptors (Lipinski definition) is 4. The zero-order valence-corrected chi connectivity index (χ0v) is 11.5. The van der Waals surface area contributed by atoms with E-state index in [9.17, 15) is 4.79 Å². The summed E-state index contributed by atoms with van der Waals surface area (Å²) in [5, 5.41) is 6.66. The second kappa shape index (κ2) is 5.45. The van der Waals surface area contributed by atoms with Crippen molar-refractivity contribution in [1.29, 1.82) is 0 Å². The Bertz CT molecular complexity index is 501. The molecule has 5 nitrogen and oxygen atoms in total. The number of terminal acetylenes is 1. The van der Waals surface area contributed by atoms with Crippen molar-refractivity contribution in [2.75, 3.05) is 13.1 Å². The van der Waals surface area contributed by atoms with Gasteiger partial charge in [0.1, 0.15) is 0 Å². The average Bonchev–Trinajstić information content (AvgIpc) is 2.97. The lowest BCUT2D eigenvalue weighted by Crippen LogP contribution is -2.40. The van der Waals surface area contributed by atoms with Crippen molar-refractivity contribution in [3.8, 4) is 12.3 Å². The van der Waals surface area contributed by atoms with Gasteiger partial charge >= 0.3 is 0 Å². The van der Waals surface area contributed by atoms with Crippen molar-refractivity contribution >= 4 is 5.91 Å². The van der Waals surface area contributed by atoms with Crippen molar-refractivity contribution in [2.24, 2.45) is 5.92 Å². The van der Waals surface area contributed by atoms with Crippen LogP contribution in [-0.4, -0.2) is 41.1 Å². The van der Waals surface area contributed by atoms with Gasteiger partial charge in [0.2, 0.25) is 5.76 Å². The number of carbonyl (C=O) groups excluding carboxylic acids is 1. The Balaban J connectivity index is 1.98. The summed E-state index contributed by atoms with van der Waals surface area (Å²) in [6.45, 7) is 8.33. The normalized spacial score (nSPS) is 23.5. The Hall–Kier alpha value is -1.80. The molecular formula is C14H19N3O2. The van der Waals surface area contributed by atoms with E-state index >= 15 is 0 Å². The molecule has 0 bridgehead atoms. The minimum absolute atomic E-state index is 0.140. The molecule has 19 heavy (non-hydrogen) atoms. The second-order valence-electron chi connectivity index (χ2n) is 5.33. The van der Waals surface area contributed by atoms with E-state index in [4.69, 9.17) is 10.9 Å². The number of nitrogens with zero attached hydrogens (tertiary/aromatic N) is 2. The van der Waals surface area contributed by atoms with Gasteiger partial charge in [-0.2, -0.15) is 0 Å². The zero-order valence-electron chi connectivity index (χ0n) is 11.5. The van der Waals surface area contributed by atoms with Crippen LogP contribution in [0.5, 0.6) is 0 Å². The standard InChI is InChI=1S/C14H19N3O2/c1-5-11-6-12(16-19-11)14(18)15-13-8-17(9(2)3)7-10(13)4/h1,6,9-10,13H,7-8H2,2-4H3,(H,15,18)/t10-,13+/m1/s1. The van der Waals surface area contributed by atoms with E-state index in [0.29, 0.717) is 12.0 Å². The van der Waals surface area contributed by atoms with Crippen molar-refractivity contribution in [2.45, 2.75) is 32.9 Å². The minimum Gasteiger partial charge on any atom is -0.347 e. The first-order chi connectivity index (χ1) is 9.01. The lowest BCUT2D eigenvalue weighted by atomic mass is 10.1. The molecule has 5 heteroatoms. The molecule has 1 aliphatic rings. The molecule has 1 amide bonds. The first-order valence-electron chi connectivity index (χ1n) is 6.49. The van der Waals surface area contributed by atoms with Crippen LogP contribution in [-0.2, 0) is 0 Å². The zero-order chi connectivity index (χ0) is 14.0. The third-order valence-corrected chi connectivity index (χ3v) is 3.57. The van der Waals surface area contributed by atoms with Gasteiger partial charge in [-0.05, 0) is 25.7 Å². The van der Waals surface area contributed by atoms with Gasteiger partial charge in [0.15, 0.2) is 5.69 Å². The molecule has 0 saturated carbocycles. The Labute approximate surface area is 113 Å². The highest BCUT2D eigenvalue weighted by atomic mass is 16.5. The summed E-state index contributed by atoms with van der Waals surface area (Å²) in [5.74, 6) is 2.77. The van der Waals surface area contributed by atoms with Gasteiger partial charge < -0.3 is 9.84 Å². The molecule has 1 saturated heterocycles. The third kappa shape index (κ3) is 2.96. The fraction of sp³-hybridized carbons (Fsp3) is 0.571. The van der Waals surface area contributed by atoms with Crippen LogP contribution < -0.4 is 5.32 Å². The van der Waals surface area contributed by atoms with Crippen LogP contribution in [0.3, 0.4) is 0 Å². The Kier molecular flexibility index (Phi) is 3.91. The molecule has 102 valence electrons. The fourth-order valence-electron chi connectivity index (χ4n) is 2.31. The number of likely N-dealkylation sites (tertiary alicyclic amines) is 1. The van der Waals surface area contributed by atoms with Gasteiger partial charge in [0.25, 0.3) is 5.91 Å². The Morgan fingerprint density at radius 2 is 2.37 bits per heavy atom. The lowest BCUT2D eigenvalue weighted by Gasteiger charge is -2.20. The Morgan fingerprint density at radius 1 is 1.63 bits per heavy atom. The largest absolute Gasteiger partial charge is 0.347 e. The summed E-state index contributed by atoms with van der Waals surface area (Å²) in [5.41, 5.74) is 0.239. The summed E-state index contributed by atoms with van der Waals surface area (Å²) in [4.78, 5) is 14.4. The number of amides is 1. The highest BCUT2D eigenvalue weighted by Gasteiger charge is 2.32. The maximum Gasteiger partial charge on any atom is 0.273 e. The minimum atomic E-state index is -0.229. The fourth-order valence-corrected chi connectivity index (χ4v) is 2.31. The van der Waals surface area contributed by atoms with Gasteiger partial charge in [0.05, 0.1) is 0 Å². The highest BCUT2D eigenvalue weighted by Crippen LogP contribution is 2.19. The van der Waals surface area contributed by atoms with Crippen LogP contribution in [0, 0.1) is 18.3 Å². The van der Waals surface area contributed by atoms with E-state index in [2.05, 4.69) is 42.1 Å². The van der Waals surface area contributed by atoms with Gasteiger partial charge in [-0.25, -0.2) is 0 Å². The second-order valence-corrected chi connectivity index (χ2v) is 5.33. The predicted octanol–water partition coefficient (Wildman–Crippen LogP) is 1.11. The van der Waals surface area contributed by atoms with Crippen LogP contribution in [0.15, 0.2) is 10.6 Å². The van der Waals surface area contributed by atoms with Crippen molar-refractivity contribution in [3.05, 3.63) is 17.5 Å². The molecule has 2 atom stereocenters. The first kappa shape index (κ1) is 13.6. The molecule has 0 aliphatic carbocycles. The van der Waals surface area contributed by atoms with Crippen LogP contribution in [0.1, 0.15) is 37.0 Å². The van der Waals surface area contributed by atoms with Crippen molar-refractivity contribution in [1.82, 2.24) is 15.4 Å². The highest BCUT2D eigenvalue weighted by molar-refractivity contribution is 5.92. The third-order valence-electron chi connectivity index (χ3n) is 3.57. The molecule has 0 spiro atoms. The topological polar surface area (TPSA) is 58.4 Å². The van der Waals surface area contributed by atoms with Crippen LogP contribution in [0.4, 0.5) is 0 Å². The van der Waals surface area contributed by atoms with E-state index in [0.717, 1.165) is 13.1 Å². The summed E-state index contributed by atoms with van der Waals surface area (Å²) < 4.78 is 4.83. The summed E-state index contributed by atoms with van der Waals surface area (Å²) in [7, 11) is 0.